The van der Waals surface area contributed by atoms with Crippen molar-refractivity contribution in [3.63, 3.8) is 0 Å². The lowest BCUT2D eigenvalue weighted by atomic mass is 10.0. The molecule has 8 heteroatoms. The number of allylic oxidation sites excluding steroid dienone is 1. The van der Waals surface area contributed by atoms with Crippen LogP contribution in [-0.2, 0) is 19.3 Å². The second-order valence-corrected chi connectivity index (χ2v) is 4.96. The maximum atomic E-state index is 11.3. The largest absolute Gasteiger partial charge is 0.466 e. The van der Waals surface area contributed by atoms with Gasteiger partial charge in [-0.25, -0.2) is 14.9 Å². The zero-order chi connectivity index (χ0) is 16.2. The molecule has 1 unspecified atom stereocenters. The first-order valence-corrected chi connectivity index (χ1v) is 6.72. The van der Waals surface area contributed by atoms with Crippen molar-refractivity contribution in [2.45, 2.75) is 37.5 Å². The van der Waals surface area contributed by atoms with Crippen molar-refractivity contribution in [2.24, 2.45) is 0 Å². The van der Waals surface area contributed by atoms with Crippen molar-refractivity contribution in [1.82, 2.24) is 5.06 Å². The van der Waals surface area contributed by atoms with E-state index in [-0.39, 0.29) is 11.3 Å². The number of hydrogen-bond donors (Lipinski definition) is 1. The van der Waals surface area contributed by atoms with Gasteiger partial charge in [0.05, 0.1) is 7.11 Å². The average Bonchev–Trinajstić information content (AvgIpc) is 3.16. The van der Waals surface area contributed by atoms with Crippen molar-refractivity contribution in [3.05, 3.63) is 23.5 Å². The van der Waals surface area contributed by atoms with Crippen molar-refractivity contribution < 1.29 is 24.5 Å². The summed E-state index contributed by atoms with van der Waals surface area (Å²) in [6, 6.07) is 2.88. The van der Waals surface area contributed by atoms with Gasteiger partial charge < -0.3 is 9.57 Å². The topological polar surface area (TPSA) is 116 Å². The highest BCUT2D eigenvalue weighted by atomic mass is 17.1. The summed E-state index contributed by atoms with van der Waals surface area (Å²) in [5.41, 5.74) is -1.10. The molecule has 1 atom stereocenters. The van der Waals surface area contributed by atoms with Crippen LogP contribution < -0.4 is 0 Å². The molecule has 0 amide bonds. The number of methoxy groups -OCH3 is 1. The van der Waals surface area contributed by atoms with Gasteiger partial charge >= 0.3 is 5.97 Å². The van der Waals surface area contributed by atoms with Crippen LogP contribution in [0.5, 0.6) is 0 Å². The van der Waals surface area contributed by atoms with E-state index >= 15 is 0 Å². The Morgan fingerprint density at radius 1 is 1.45 bits per heavy atom. The summed E-state index contributed by atoms with van der Waals surface area (Å²) in [4.78, 5) is 21.3. The summed E-state index contributed by atoms with van der Waals surface area (Å²) >= 11 is 0. The number of nitriles is 2. The van der Waals surface area contributed by atoms with E-state index in [1.807, 2.05) is 6.07 Å². The molecule has 1 aliphatic carbocycles. The molecule has 22 heavy (non-hydrogen) atoms. The maximum Gasteiger partial charge on any atom is 0.330 e. The van der Waals surface area contributed by atoms with E-state index in [0.717, 1.165) is 18.9 Å². The fraction of sp³-hybridized carbons (Fsp3) is 0.500. The van der Waals surface area contributed by atoms with E-state index in [1.165, 1.54) is 18.2 Å². The van der Waals surface area contributed by atoms with Gasteiger partial charge in [0.2, 0.25) is 5.76 Å². The molecule has 1 fully saturated rings. The molecule has 0 aromatic carbocycles. The Bertz CT molecular complexity index is 593. The number of hydroxylamine groups is 2. The van der Waals surface area contributed by atoms with Crippen LogP contribution >= 0.6 is 0 Å². The van der Waals surface area contributed by atoms with E-state index in [9.17, 15) is 15.3 Å². The van der Waals surface area contributed by atoms with Crippen LogP contribution in [0.25, 0.3) is 0 Å². The molecule has 0 aromatic heterocycles. The molecule has 0 saturated heterocycles. The molecule has 1 saturated carbocycles. The summed E-state index contributed by atoms with van der Waals surface area (Å²) < 4.78 is 4.51. The first-order chi connectivity index (χ1) is 10.6. The Balaban J connectivity index is 2.38. The summed E-state index contributed by atoms with van der Waals surface area (Å²) in [5, 5.41) is 28.9. The monoisotopic (exact) mass is 305 g/mol. The molecule has 0 radical (unpaired) electrons. The highest BCUT2D eigenvalue weighted by Gasteiger charge is 2.51. The minimum Gasteiger partial charge on any atom is -0.466 e. The lowest BCUT2D eigenvalue weighted by Gasteiger charge is -2.36. The van der Waals surface area contributed by atoms with Gasteiger partial charge in [-0.15, -0.1) is 0 Å². The van der Waals surface area contributed by atoms with Crippen LogP contribution in [0.15, 0.2) is 23.5 Å². The summed E-state index contributed by atoms with van der Waals surface area (Å²) in [6.07, 6.45) is 5.08. The summed E-state index contributed by atoms with van der Waals surface area (Å²) in [5.74, 6) is -0.779. The number of hydrogen-bond acceptors (Lipinski definition) is 8. The molecule has 0 aromatic rings. The van der Waals surface area contributed by atoms with E-state index in [4.69, 9.17) is 10.1 Å². The number of ether oxygens (including phenoxy) is 1. The smallest absolute Gasteiger partial charge is 0.330 e. The first kappa shape index (κ1) is 16.0. The minimum atomic E-state index is -1.15. The van der Waals surface area contributed by atoms with Gasteiger partial charge in [0, 0.05) is 6.08 Å². The highest BCUT2D eigenvalue weighted by Crippen LogP contribution is 2.42. The molecule has 0 spiro atoms. The van der Waals surface area contributed by atoms with Gasteiger partial charge in [-0.2, -0.15) is 10.5 Å². The lowest BCUT2D eigenvalue weighted by Crippen LogP contribution is -2.50. The van der Waals surface area contributed by atoms with Crippen molar-refractivity contribution in [2.75, 3.05) is 7.11 Å². The normalized spacial score (nSPS) is 24.1. The van der Waals surface area contributed by atoms with Gasteiger partial charge in [0.25, 0.3) is 0 Å². The standard InChI is InChI=1S/C14H15N3O5/c1-20-13(18)5-4-11-10(8-15)12(9-16)21-17(11)14(22-19)6-2-3-7-14/h4-5,11,19H,2-3,6-7H2,1H3/b5-4-. The predicted octanol–water partition coefficient (Wildman–Crippen LogP) is 1.39. The lowest BCUT2D eigenvalue weighted by molar-refractivity contribution is -0.410. The Morgan fingerprint density at radius 3 is 2.64 bits per heavy atom. The highest BCUT2D eigenvalue weighted by molar-refractivity contribution is 5.82. The fourth-order valence-electron chi connectivity index (χ4n) is 2.68. The van der Waals surface area contributed by atoms with Crippen molar-refractivity contribution >= 4 is 5.97 Å². The third-order valence-corrected chi connectivity index (χ3v) is 3.78. The van der Waals surface area contributed by atoms with Crippen LogP contribution in [0, 0.1) is 22.7 Å². The van der Waals surface area contributed by atoms with Gasteiger partial charge in [0.15, 0.2) is 5.72 Å². The van der Waals surface area contributed by atoms with E-state index in [0.29, 0.717) is 12.8 Å². The molecule has 116 valence electrons. The van der Waals surface area contributed by atoms with Crippen LogP contribution in [0.1, 0.15) is 25.7 Å². The van der Waals surface area contributed by atoms with Crippen LogP contribution in [0.2, 0.25) is 0 Å². The SMILES string of the molecule is COC(=O)/C=C\C1C(C#N)=C(C#N)ON1C1(OO)CCCC1. The van der Waals surface area contributed by atoms with E-state index in [2.05, 4.69) is 9.62 Å². The number of esters is 1. The first-order valence-electron chi connectivity index (χ1n) is 6.72. The van der Waals surface area contributed by atoms with E-state index in [1.54, 1.807) is 6.07 Å². The minimum absolute atomic E-state index is 0.0472. The van der Waals surface area contributed by atoms with Crippen LogP contribution in [0.3, 0.4) is 0 Å². The third-order valence-electron chi connectivity index (χ3n) is 3.78. The number of rotatable bonds is 4. The molecular weight excluding hydrogens is 290 g/mol. The summed E-state index contributed by atoms with van der Waals surface area (Å²) in [7, 11) is 1.23. The van der Waals surface area contributed by atoms with Crippen LogP contribution in [0.4, 0.5) is 0 Å². The third kappa shape index (κ3) is 2.68. The maximum absolute atomic E-state index is 11.3. The molecule has 2 aliphatic rings. The zero-order valence-electron chi connectivity index (χ0n) is 12.0. The Kier molecular flexibility index (Phi) is 4.78. The molecule has 1 aliphatic heterocycles. The Morgan fingerprint density at radius 2 is 2.14 bits per heavy atom. The molecule has 2 rings (SSSR count). The summed E-state index contributed by atoms with van der Waals surface area (Å²) in [6.45, 7) is 0. The second-order valence-electron chi connectivity index (χ2n) is 4.96. The second kappa shape index (κ2) is 6.58. The molecule has 1 N–H and O–H groups in total. The van der Waals surface area contributed by atoms with Crippen molar-refractivity contribution in [3.8, 4) is 12.1 Å². The fourth-order valence-corrected chi connectivity index (χ4v) is 2.68. The molecule has 1 heterocycles. The molecular formula is C14H15N3O5. The predicted molar refractivity (Wildman–Crippen MR) is 71.0 cm³/mol. The zero-order valence-corrected chi connectivity index (χ0v) is 12.0. The number of carbonyl (C=O) groups excluding carboxylic acids is 1. The quantitative estimate of drug-likeness (QED) is 0.358. The number of carbonyl (C=O) groups is 1. The van der Waals surface area contributed by atoms with Gasteiger partial charge in [-0.05, 0) is 25.7 Å². The van der Waals surface area contributed by atoms with E-state index < -0.39 is 17.7 Å². The average molecular weight is 305 g/mol. The van der Waals surface area contributed by atoms with Gasteiger partial charge in [0.1, 0.15) is 23.8 Å². The van der Waals surface area contributed by atoms with Gasteiger partial charge in [-0.3, -0.25) is 0 Å². The molecule has 8 nitrogen and oxygen atoms in total. The van der Waals surface area contributed by atoms with Crippen molar-refractivity contribution in [1.29, 1.82) is 10.5 Å². The Labute approximate surface area is 127 Å². The molecule has 0 bridgehead atoms. The Hall–Kier alpha value is -2.39. The van der Waals surface area contributed by atoms with Crippen LogP contribution in [-0.4, -0.2) is 35.2 Å². The number of nitrogens with zero attached hydrogens (tertiary/aromatic N) is 3. The van der Waals surface area contributed by atoms with Gasteiger partial charge in [-0.1, -0.05) is 11.1 Å².